The molecule has 0 saturated carbocycles. The highest BCUT2D eigenvalue weighted by Crippen LogP contribution is 2.33. The largest absolute Gasteiger partial charge is 0.344 e. The highest BCUT2D eigenvalue weighted by molar-refractivity contribution is 7.20. The van der Waals surface area contributed by atoms with E-state index in [0.29, 0.717) is 21.2 Å². The van der Waals surface area contributed by atoms with Crippen molar-refractivity contribution >= 4 is 51.0 Å². The normalized spacial score (nSPS) is 18.1. The molecule has 0 radical (unpaired) electrons. The van der Waals surface area contributed by atoms with Crippen LogP contribution in [0.4, 0.5) is 4.79 Å². The molecule has 0 unspecified atom stereocenters. The van der Waals surface area contributed by atoms with Crippen LogP contribution in [-0.4, -0.2) is 32.6 Å². The number of aromatic nitrogens is 2. The van der Waals surface area contributed by atoms with E-state index < -0.39 is 23.4 Å². The van der Waals surface area contributed by atoms with Gasteiger partial charge in [0.25, 0.3) is 11.8 Å². The van der Waals surface area contributed by atoms with Gasteiger partial charge in [0, 0.05) is 5.39 Å². The first-order valence-electron chi connectivity index (χ1n) is 10.1. The van der Waals surface area contributed by atoms with E-state index in [1.165, 1.54) is 11.3 Å². The summed E-state index contributed by atoms with van der Waals surface area (Å²) in [4.78, 5) is 39.7. The number of rotatable bonds is 4. The molecule has 4 amide bonds. The zero-order chi connectivity index (χ0) is 23.3. The fourth-order valence-electron chi connectivity index (χ4n) is 3.81. The minimum atomic E-state index is -1.27. The molecular formula is C23H18ClN5O3S. The Morgan fingerprint density at radius 3 is 2.55 bits per heavy atom. The Hall–Kier alpha value is -3.69. The predicted molar refractivity (Wildman–Crippen MR) is 125 cm³/mol. The lowest BCUT2D eigenvalue weighted by Crippen LogP contribution is -2.47. The van der Waals surface area contributed by atoms with Crippen LogP contribution in [-0.2, 0) is 10.3 Å². The van der Waals surface area contributed by atoms with E-state index in [2.05, 4.69) is 15.8 Å². The van der Waals surface area contributed by atoms with Crippen molar-refractivity contribution < 1.29 is 14.4 Å². The molecule has 166 valence electrons. The summed E-state index contributed by atoms with van der Waals surface area (Å²) in [6.07, 6.45) is 0. The molecule has 2 aromatic heterocycles. The van der Waals surface area contributed by atoms with Gasteiger partial charge in [-0.2, -0.15) is 10.1 Å². The number of urea groups is 1. The second-order valence-corrected chi connectivity index (χ2v) is 9.22. The van der Waals surface area contributed by atoms with Crippen LogP contribution in [0.15, 0.2) is 60.7 Å². The SMILES string of the molecule is Cc1nn(-c2ccccc2Cl)c2sc(C(=O)NN3C(=O)N[C@@](C)(c4ccccc4)C3=O)cc12. The summed E-state index contributed by atoms with van der Waals surface area (Å²) in [5.41, 5.74) is 3.22. The summed E-state index contributed by atoms with van der Waals surface area (Å²) in [5, 5.41) is 9.26. The molecule has 0 aliphatic carbocycles. The Balaban J connectivity index is 1.44. The number of hydrogen-bond acceptors (Lipinski definition) is 5. The van der Waals surface area contributed by atoms with Crippen molar-refractivity contribution in [3.8, 4) is 5.69 Å². The number of halogens is 1. The van der Waals surface area contributed by atoms with Crippen LogP contribution in [0.5, 0.6) is 0 Å². The minimum Gasteiger partial charge on any atom is -0.318 e. The number of fused-ring (bicyclic) bond motifs is 1. The van der Waals surface area contributed by atoms with Crippen LogP contribution in [0.3, 0.4) is 0 Å². The van der Waals surface area contributed by atoms with Gasteiger partial charge in [0.15, 0.2) is 0 Å². The molecule has 2 aromatic carbocycles. The number of aryl methyl sites for hydroxylation is 1. The third-order valence-electron chi connectivity index (χ3n) is 5.60. The molecular weight excluding hydrogens is 462 g/mol. The average Bonchev–Trinajstić information content (AvgIpc) is 3.44. The third-order valence-corrected chi connectivity index (χ3v) is 7.03. The van der Waals surface area contributed by atoms with Crippen molar-refractivity contribution in [1.29, 1.82) is 0 Å². The van der Waals surface area contributed by atoms with Gasteiger partial charge in [0.1, 0.15) is 10.4 Å². The number of nitrogens with zero attached hydrogens (tertiary/aromatic N) is 3. The monoisotopic (exact) mass is 479 g/mol. The van der Waals surface area contributed by atoms with Gasteiger partial charge in [-0.3, -0.25) is 15.0 Å². The lowest BCUT2D eigenvalue weighted by molar-refractivity contribution is -0.132. The van der Waals surface area contributed by atoms with E-state index in [4.69, 9.17) is 11.6 Å². The van der Waals surface area contributed by atoms with Crippen LogP contribution >= 0.6 is 22.9 Å². The van der Waals surface area contributed by atoms with Crippen molar-refractivity contribution in [1.82, 2.24) is 25.5 Å². The number of carbonyl (C=O) groups is 3. The van der Waals surface area contributed by atoms with Crippen molar-refractivity contribution in [3.05, 3.63) is 81.8 Å². The molecule has 1 aliphatic heterocycles. The van der Waals surface area contributed by atoms with Crippen LogP contribution < -0.4 is 10.7 Å². The average molecular weight is 480 g/mol. The van der Waals surface area contributed by atoms with E-state index in [9.17, 15) is 14.4 Å². The van der Waals surface area contributed by atoms with Gasteiger partial charge in [0.05, 0.1) is 21.3 Å². The van der Waals surface area contributed by atoms with Crippen molar-refractivity contribution in [2.75, 3.05) is 0 Å². The molecule has 33 heavy (non-hydrogen) atoms. The summed E-state index contributed by atoms with van der Waals surface area (Å²) < 4.78 is 1.69. The maximum absolute atomic E-state index is 13.1. The van der Waals surface area contributed by atoms with E-state index in [1.54, 1.807) is 48.0 Å². The highest BCUT2D eigenvalue weighted by atomic mass is 35.5. The number of benzene rings is 2. The number of hydrazine groups is 1. The fraction of sp³-hybridized carbons (Fsp3) is 0.130. The zero-order valence-electron chi connectivity index (χ0n) is 17.6. The predicted octanol–water partition coefficient (Wildman–Crippen LogP) is 4.16. The number of carbonyl (C=O) groups excluding carboxylic acids is 3. The third kappa shape index (κ3) is 3.37. The first kappa shape index (κ1) is 21.2. The number of para-hydroxylation sites is 1. The topological polar surface area (TPSA) is 96.3 Å². The first-order chi connectivity index (χ1) is 15.8. The minimum absolute atomic E-state index is 0.334. The number of thiophene rings is 1. The van der Waals surface area contributed by atoms with Gasteiger partial charge in [-0.05, 0) is 37.6 Å². The quantitative estimate of drug-likeness (QED) is 0.429. The molecule has 5 rings (SSSR count). The summed E-state index contributed by atoms with van der Waals surface area (Å²) in [5.74, 6) is -1.13. The lowest BCUT2D eigenvalue weighted by Gasteiger charge is -2.21. The maximum atomic E-state index is 13.1. The van der Waals surface area contributed by atoms with E-state index in [1.807, 2.05) is 31.2 Å². The molecule has 8 nitrogen and oxygen atoms in total. The first-order valence-corrected chi connectivity index (χ1v) is 11.3. The van der Waals surface area contributed by atoms with Crippen LogP contribution in [0, 0.1) is 6.92 Å². The number of imide groups is 1. The second-order valence-electron chi connectivity index (χ2n) is 7.78. The summed E-state index contributed by atoms with van der Waals surface area (Å²) in [6, 6.07) is 17.2. The molecule has 1 aliphatic rings. The number of amides is 4. The number of hydrogen-bond donors (Lipinski definition) is 2. The molecule has 10 heteroatoms. The standard InChI is InChI=1S/C23H18ClN5O3S/c1-13-15-12-18(33-20(15)28(26-13)17-11-7-6-10-16(17)24)19(30)27-29-21(31)23(2,25-22(29)32)14-8-4-3-5-9-14/h3-12H,1-2H3,(H,25,32)(H,27,30)/t23-/m0/s1. The molecule has 0 bridgehead atoms. The van der Waals surface area contributed by atoms with Crippen molar-refractivity contribution in [2.45, 2.75) is 19.4 Å². The smallest absolute Gasteiger partial charge is 0.318 e. The Bertz CT molecular complexity index is 1430. The Kier molecular flexibility index (Phi) is 4.95. The fourth-order valence-corrected chi connectivity index (χ4v) is 5.09. The Labute approximate surface area is 197 Å². The lowest BCUT2D eigenvalue weighted by atomic mass is 9.92. The molecule has 1 saturated heterocycles. The zero-order valence-corrected chi connectivity index (χ0v) is 19.2. The van der Waals surface area contributed by atoms with E-state index in [-0.39, 0.29) is 0 Å². The Morgan fingerprint density at radius 2 is 1.82 bits per heavy atom. The molecule has 0 spiro atoms. The van der Waals surface area contributed by atoms with Gasteiger partial charge in [-0.15, -0.1) is 11.3 Å². The summed E-state index contributed by atoms with van der Waals surface area (Å²) >= 11 is 7.53. The van der Waals surface area contributed by atoms with Crippen LogP contribution in [0.2, 0.25) is 5.02 Å². The molecule has 1 atom stereocenters. The second kappa shape index (κ2) is 7.72. The van der Waals surface area contributed by atoms with Crippen LogP contribution in [0.1, 0.15) is 27.9 Å². The van der Waals surface area contributed by atoms with Gasteiger partial charge in [-0.25, -0.2) is 9.48 Å². The number of nitrogens with one attached hydrogen (secondary N) is 2. The molecule has 3 heterocycles. The van der Waals surface area contributed by atoms with Gasteiger partial charge >= 0.3 is 6.03 Å². The Morgan fingerprint density at radius 1 is 1.12 bits per heavy atom. The van der Waals surface area contributed by atoms with Gasteiger partial charge < -0.3 is 5.32 Å². The van der Waals surface area contributed by atoms with Crippen molar-refractivity contribution in [2.24, 2.45) is 0 Å². The summed E-state index contributed by atoms with van der Waals surface area (Å²) in [7, 11) is 0. The van der Waals surface area contributed by atoms with E-state index in [0.717, 1.165) is 20.9 Å². The van der Waals surface area contributed by atoms with Gasteiger partial charge in [-0.1, -0.05) is 54.1 Å². The van der Waals surface area contributed by atoms with Crippen LogP contribution in [0.25, 0.3) is 15.9 Å². The highest BCUT2D eigenvalue weighted by Gasteiger charge is 2.50. The molecule has 1 fully saturated rings. The molecule has 4 aromatic rings. The molecule has 2 N–H and O–H groups in total. The summed E-state index contributed by atoms with van der Waals surface area (Å²) in [6.45, 7) is 3.45. The van der Waals surface area contributed by atoms with Crippen molar-refractivity contribution in [3.63, 3.8) is 0 Å². The van der Waals surface area contributed by atoms with Gasteiger partial charge in [0.2, 0.25) is 0 Å². The van der Waals surface area contributed by atoms with E-state index >= 15 is 0 Å². The maximum Gasteiger partial charge on any atom is 0.344 e.